The smallest absolute Gasteiger partial charge is 0.392 e. The Morgan fingerprint density at radius 3 is 2.47 bits per heavy atom. The van der Waals surface area contributed by atoms with E-state index in [1.165, 1.54) is 25.3 Å². The van der Waals surface area contributed by atoms with Gasteiger partial charge in [0.25, 0.3) is 0 Å². The Morgan fingerprint density at radius 1 is 1.09 bits per heavy atom. The summed E-state index contributed by atoms with van der Waals surface area (Å²) in [5, 5.41) is 11.0. The standard InChI is InChI=1S/C23H20FN5O3/c1-28-22(16-5-8-18(24)9-6-16)17(14-25-28)7-12-20(30)26-19-10-3-15(4-11-19)13-21-27-29(2)23(31)32-21/h3-12,14H,13H2,1-2H3,(H,26,30)/b12-7+. The Hall–Kier alpha value is -4.27. The lowest BCUT2D eigenvalue weighted by molar-refractivity contribution is -0.111. The van der Waals surface area contributed by atoms with Crippen molar-refractivity contribution in [1.82, 2.24) is 19.6 Å². The van der Waals surface area contributed by atoms with Crippen molar-refractivity contribution in [2.45, 2.75) is 6.42 Å². The highest BCUT2D eigenvalue weighted by Gasteiger charge is 2.10. The molecule has 0 fully saturated rings. The maximum absolute atomic E-state index is 13.2. The summed E-state index contributed by atoms with van der Waals surface area (Å²) < 4.78 is 21.1. The van der Waals surface area contributed by atoms with E-state index in [2.05, 4.69) is 15.5 Å². The zero-order valence-electron chi connectivity index (χ0n) is 17.4. The minimum absolute atomic E-state index is 0.303. The van der Waals surface area contributed by atoms with Gasteiger partial charge >= 0.3 is 5.76 Å². The second kappa shape index (κ2) is 8.84. The predicted molar refractivity (Wildman–Crippen MR) is 117 cm³/mol. The van der Waals surface area contributed by atoms with E-state index in [1.54, 1.807) is 48.3 Å². The molecule has 2 aromatic heterocycles. The number of halogens is 1. The number of amides is 1. The van der Waals surface area contributed by atoms with Crippen LogP contribution in [0.1, 0.15) is 17.0 Å². The molecular formula is C23H20FN5O3. The summed E-state index contributed by atoms with van der Waals surface area (Å²) in [4.78, 5) is 23.7. The minimum atomic E-state index is -0.508. The van der Waals surface area contributed by atoms with Gasteiger partial charge in [-0.25, -0.2) is 9.18 Å². The molecule has 162 valence electrons. The molecule has 0 bridgehead atoms. The fourth-order valence-electron chi connectivity index (χ4n) is 3.23. The van der Waals surface area contributed by atoms with Crippen LogP contribution in [0.4, 0.5) is 10.1 Å². The summed E-state index contributed by atoms with van der Waals surface area (Å²) in [7, 11) is 3.31. The van der Waals surface area contributed by atoms with Crippen LogP contribution in [0.15, 0.2) is 70.0 Å². The van der Waals surface area contributed by atoms with E-state index in [1.807, 2.05) is 12.1 Å². The van der Waals surface area contributed by atoms with Crippen molar-refractivity contribution in [3.05, 3.63) is 94.2 Å². The maximum Gasteiger partial charge on any atom is 0.436 e. The molecule has 0 atom stereocenters. The number of carbonyl (C=O) groups excluding carboxylic acids is 1. The van der Waals surface area contributed by atoms with Crippen LogP contribution in [0.5, 0.6) is 0 Å². The first kappa shape index (κ1) is 21.0. The highest BCUT2D eigenvalue weighted by Crippen LogP contribution is 2.24. The SMILES string of the molecule is Cn1ncc(/C=C/C(=O)Nc2ccc(Cc3nn(C)c(=O)o3)cc2)c1-c1ccc(F)cc1. The number of aryl methyl sites for hydroxylation is 2. The van der Waals surface area contributed by atoms with Gasteiger partial charge in [-0.05, 0) is 48.0 Å². The molecule has 0 unspecified atom stereocenters. The topological polar surface area (TPSA) is 95.0 Å². The molecule has 0 aliphatic carbocycles. The quantitative estimate of drug-likeness (QED) is 0.472. The molecular weight excluding hydrogens is 413 g/mol. The van der Waals surface area contributed by atoms with Crippen molar-refractivity contribution in [2.75, 3.05) is 5.32 Å². The van der Waals surface area contributed by atoms with Crippen LogP contribution in [0.3, 0.4) is 0 Å². The summed E-state index contributed by atoms with van der Waals surface area (Å²) in [5.74, 6) is -0.803. The number of aromatic nitrogens is 4. The van der Waals surface area contributed by atoms with E-state index in [9.17, 15) is 14.0 Å². The van der Waals surface area contributed by atoms with Crippen LogP contribution in [0.2, 0.25) is 0 Å². The number of hydrogen-bond donors (Lipinski definition) is 1. The highest BCUT2D eigenvalue weighted by atomic mass is 19.1. The number of benzene rings is 2. The molecule has 9 heteroatoms. The van der Waals surface area contributed by atoms with Gasteiger partial charge in [-0.15, -0.1) is 5.10 Å². The lowest BCUT2D eigenvalue weighted by atomic mass is 10.1. The van der Waals surface area contributed by atoms with Crippen LogP contribution in [0.25, 0.3) is 17.3 Å². The summed E-state index contributed by atoms with van der Waals surface area (Å²) in [6, 6.07) is 13.3. The second-order valence-corrected chi connectivity index (χ2v) is 7.16. The molecule has 1 N–H and O–H groups in total. The van der Waals surface area contributed by atoms with Crippen LogP contribution in [0, 0.1) is 5.82 Å². The first-order valence-corrected chi connectivity index (χ1v) is 9.78. The molecule has 8 nitrogen and oxygen atoms in total. The lowest BCUT2D eigenvalue weighted by Gasteiger charge is -2.05. The fraction of sp³-hybridized carbons (Fsp3) is 0.130. The number of nitrogens with zero attached hydrogens (tertiary/aromatic N) is 4. The first-order valence-electron chi connectivity index (χ1n) is 9.78. The third-order valence-corrected chi connectivity index (χ3v) is 4.81. The van der Waals surface area contributed by atoms with Crippen LogP contribution >= 0.6 is 0 Å². The number of rotatable bonds is 6. The van der Waals surface area contributed by atoms with Crippen LogP contribution in [-0.4, -0.2) is 25.5 Å². The van der Waals surface area contributed by atoms with Gasteiger partial charge in [0, 0.05) is 37.0 Å². The van der Waals surface area contributed by atoms with E-state index in [0.717, 1.165) is 27.1 Å². The maximum atomic E-state index is 13.2. The lowest BCUT2D eigenvalue weighted by Crippen LogP contribution is -2.09. The van der Waals surface area contributed by atoms with Gasteiger partial charge in [-0.1, -0.05) is 12.1 Å². The van der Waals surface area contributed by atoms with Gasteiger partial charge in [0.1, 0.15) is 5.82 Å². The summed E-state index contributed by atoms with van der Waals surface area (Å²) in [5.41, 5.74) is 3.82. The monoisotopic (exact) mass is 433 g/mol. The van der Waals surface area contributed by atoms with Gasteiger partial charge in [-0.2, -0.15) is 9.78 Å². The Morgan fingerprint density at radius 2 is 1.81 bits per heavy atom. The summed E-state index contributed by atoms with van der Waals surface area (Å²) in [6.45, 7) is 0. The van der Waals surface area contributed by atoms with Crippen LogP contribution < -0.4 is 11.1 Å². The third-order valence-electron chi connectivity index (χ3n) is 4.81. The third kappa shape index (κ3) is 4.72. The first-order chi connectivity index (χ1) is 15.4. The average Bonchev–Trinajstić information content (AvgIpc) is 3.29. The van der Waals surface area contributed by atoms with Crippen molar-refractivity contribution >= 4 is 17.7 Å². The molecule has 0 aliphatic rings. The Kier molecular flexibility index (Phi) is 5.80. The molecule has 2 heterocycles. The Balaban J connectivity index is 1.42. The van der Waals surface area contributed by atoms with Gasteiger partial charge in [0.2, 0.25) is 11.8 Å². The Bertz CT molecular complexity index is 1330. The molecule has 32 heavy (non-hydrogen) atoms. The predicted octanol–water partition coefficient (Wildman–Crippen LogP) is 3.16. The van der Waals surface area contributed by atoms with Gasteiger partial charge < -0.3 is 9.73 Å². The zero-order chi connectivity index (χ0) is 22.7. The van der Waals surface area contributed by atoms with Crippen molar-refractivity contribution in [2.24, 2.45) is 14.1 Å². The minimum Gasteiger partial charge on any atom is -0.392 e. The molecule has 4 aromatic rings. The number of carbonyl (C=O) groups is 1. The largest absolute Gasteiger partial charge is 0.436 e. The molecule has 1 amide bonds. The molecule has 4 rings (SSSR count). The normalized spacial score (nSPS) is 11.2. The van der Waals surface area contributed by atoms with Crippen molar-refractivity contribution < 1.29 is 13.6 Å². The second-order valence-electron chi connectivity index (χ2n) is 7.16. The van der Waals surface area contributed by atoms with E-state index in [4.69, 9.17) is 4.42 Å². The molecule has 0 spiro atoms. The van der Waals surface area contributed by atoms with E-state index in [-0.39, 0.29) is 11.7 Å². The van der Waals surface area contributed by atoms with Gasteiger partial charge in [0.05, 0.1) is 18.3 Å². The highest BCUT2D eigenvalue weighted by molar-refractivity contribution is 6.02. The van der Waals surface area contributed by atoms with Crippen molar-refractivity contribution in [1.29, 1.82) is 0 Å². The number of anilines is 1. The molecule has 0 saturated carbocycles. The molecule has 0 radical (unpaired) electrons. The number of hydrogen-bond acceptors (Lipinski definition) is 5. The Labute approximate surface area is 182 Å². The summed E-state index contributed by atoms with van der Waals surface area (Å²) in [6.07, 6.45) is 5.10. The van der Waals surface area contributed by atoms with Crippen molar-refractivity contribution in [3.63, 3.8) is 0 Å². The van der Waals surface area contributed by atoms with E-state index >= 15 is 0 Å². The van der Waals surface area contributed by atoms with E-state index < -0.39 is 5.76 Å². The molecule has 0 aliphatic heterocycles. The van der Waals surface area contributed by atoms with Crippen LogP contribution in [-0.2, 0) is 25.3 Å². The van der Waals surface area contributed by atoms with Gasteiger partial charge in [-0.3, -0.25) is 9.48 Å². The van der Waals surface area contributed by atoms with Crippen molar-refractivity contribution in [3.8, 4) is 11.3 Å². The number of nitrogens with one attached hydrogen (secondary N) is 1. The van der Waals surface area contributed by atoms with Gasteiger partial charge in [0.15, 0.2) is 0 Å². The molecule has 2 aromatic carbocycles. The summed E-state index contributed by atoms with van der Waals surface area (Å²) >= 11 is 0. The molecule has 0 saturated heterocycles. The van der Waals surface area contributed by atoms with E-state index in [0.29, 0.717) is 18.0 Å². The average molecular weight is 433 g/mol. The zero-order valence-corrected chi connectivity index (χ0v) is 17.4. The fourth-order valence-corrected chi connectivity index (χ4v) is 3.23.